The van der Waals surface area contributed by atoms with Crippen LogP contribution in [0.1, 0.15) is 35.1 Å². The number of carboxylic acids is 1. The van der Waals surface area contributed by atoms with Crippen LogP contribution in [0.15, 0.2) is 60.7 Å². The van der Waals surface area contributed by atoms with E-state index in [2.05, 4.69) is 22.8 Å². The molecule has 1 atom stereocenters. The van der Waals surface area contributed by atoms with Crippen molar-refractivity contribution in [3.05, 3.63) is 82.9 Å². The zero-order chi connectivity index (χ0) is 25.2. The molecule has 8 heteroatoms. The number of nitrogens with one attached hydrogen (secondary N) is 2. The summed E-state index contributed by atoms with van der Waals surface area (Å²) in [7, 11) is 0. The number of hydrogen-bond acceptors (Lipinski definition) is 2. The first kappa shape index (κ1) is 24.3. The van der Waals surface area contributed by atoms with E-state index in [9.17, 15) is 22.8 Å². The maximum absolute atomic E-state index is 13.0. The summed E-state index contributed by atoms with van der Waals surface area (Å²) in [6.45, 7) is 1.53. The van der Waals surface area contributed by atoms with Crippen LogP contribution in [-0.4, -0.2) is 17.1 Å². The Labute approximate surface area is 201 Å². The maximum atomic E-state index is 13.0. The molecule has 0 fully saturated rings. The monoisotopic (exact) mass is 482 g/mol. The van der Waals surface area contributed by atoms with Gasteiger partial charge >= 0.3 is 18.2 Å². The van der Waals surface area contributed by atoms with E-state index in [4.69, 9.17) is 5.11 Å². The summed E-state index contributed by atoms with van der Waals surface area (Å²) >= 11 is 0. The second-order valence-electron chi connectivity index (χ2n) is 8.93. The molecule has 0 heterocycles. The molecule has 1 aliphatic carbocycles. The summed E-state index contributed by atoms with van der Waals surface area (Å²) in [6, 6.07) is 16.1. The Morgan fingerprint density at radius 3 is 2.29 bits per heavy atom. The zero-order valence-electron chi connectivity index (χ0n) is 19.1. The molecular formula is C27H25F3N2O3. The molecule has 2 amide bonds. The topological polar surface area (TPSA) is 78.4 Å². The third-order valence-corrected chi connectivity index (χ3v) is 6.14. The summed E-state index contributed by atoms with van der Waals surface area (Å²) in [5.74, 6) is -0.593. The standard InChI is InChI=1S/C27H25F3N2O3/c1-16-10-22(27(28,29)30)15-24(11-16)32-26(35)31-23-8-6-18(7-9-23)20-5-4-19-12-17(13-25(33)34)2-3-21(19)14-20/h4-11,14-15,17H,2-3,12-13H2,1H3,(H,33,34)(H2,31,32,35). The number of carbonyl (C=O) groups is 2. The number of urea groups is 1. The van der Waals surface area contributed by atoms with E-state index in [0.29, 0.717) is 11.3 Å². The van der Waals surface area contributed by atoms with Crippen LogP contribution in [0.4, 0.5) is 29.3 Å². The minimum atomic E-state index is -4.49. The van der Waals surface area contributed by atoms with Crippen LogP contribution in [0, 0.1) is 12.8 Å². The SMILES string of the molecule is Cc1cc(NC(=O)Nc2ccc(-c3ccc4c(c3)CCC(CC(=O)O)C4)cc2)cc(C(F)(F)F)c1. The molecule has 0 saturated heterocycles. The number of aryl methyl sites for hydroxylation is 2. The van der Waals surface area contributed by atoms with E-state index < -0.39 is 23.7 Å². The van der Waals surface area contributed by atoms with Gasteiger partial charge in [-0.3, -0.25) is 4.79 Å². The second kappa shape index (κ2) is 9.82. The van der Waals surface area contributed by atoms with Gasteiger partial charge in [0.05, 0.1) is 5.56 Å². The number of carboxylic acid groups (broad SMARTS) is 1. The van der Waals surface area contributed by atoms with Crippen LogP contribution in [0.3, 0.4) is 0 Å². The van der Waals surface area contributed by atoms with Crippen molar-refractivity contribution in [1.29, 1.82) is 0 Å². The molecule has 0 spiro atoms. The van der Waals surface area contributed by atoms with E-state index in [-0.39, 0.29) is 18.0 Å². The summed E-state index contributed by atoms with van der Waals surface area (Å²) in [5.41, 5.74) is 4.53. The molecule has 1 aliphatic rings. The van der Waals surface area contributed by atoms with Crippen LogP contribution in [0.2, 0.25) is 0 Å². The molecule has 1 unspecified atom stereocenters. The highest BCUT2D eigenvalue weighted by atomic mass is 19.4. The highest BCUT2D eigenvalue weighted by Gasteiger charge is 2.31. The lowest BCUT2D eigenvalue weighted by atomic mass is 9.81. The van der Waals surface area contributed by atoms with Gasteiger partial charge in [-0.1, -0.05) is 30.3 Å². The van der Waals surface area contributed by atoms with Gasteiger partial charge in [-0.2, -0.15) is 13.2 Å². The van der Waals surface area contributed by atoms with Crippen LogP contribution >= 0.6 is 0 Å². The Balaban J connectivity index is 1.40. The fourth-order valence-electron chi connectivity index (χ4n) is 4.49. The van der Waals surface area contributed by atoms with E-state index >= 15 is 0 Å². The molecule has 4 rings (SSSR count). The highest BCUT2D eigenvalue weighted by Crippen LogP contribution is 2.33. The van der Waals surface area contributed by atoms with Crippen LogP contribution in [-0.2, 0) is 23.8 Å². The lowest BCUT2D eigenvalue weighted by Crippen LogP contribution is -2.20. The van der Waals surface area contributed by atoms with Gasteiger partial charge in [0.25, 0.3) is 0 Å². The summed E-state index contributed by atoms with van der Waals surface area (Å²) in [5, 5.41) is 14.1. The minimum absolute atomic E-state index is 0.0612. The Morgan fingerprint density at radius 1 is 0.914 bits per heavy atom. The number of aliphatic carboxylic acids is 1. The number of carbonyl (C=O) groups excluding carboxylic acids is 1. The van der Waals surface area contributed by atoms with Crippen LogP contribution in [0.5, 0.6) is 0 Å². The lowest BCUT2D eigenvalue weighted by Gasteiger charge is -2.24. The molecule has 0 bridgehead atoms. The van der Waals surface area contributed by atoms with Crippen molar-refractivity contribution in [3.63, 3.8) is 0 Å². The number of rotatable bonds is 5. The molecule has 0 radical (unpaired) electrons. The molecular weight excluding hydrogens is 457 g/mol. The molecule has 3 aromatic carbocycles. The van der Waals surface area contributed by atoms with Crippen molar-refractivity contribution >= 4 is 23.4 Å². The number of alkyl halides is 3. The van der Waals surface area contributed by atoms with E-state index in [1.165, 1.54) is 24.1 Å². The van der Waals surface area contributed by atoms with Gasteiger partial charge in [0.1, 0.15) is 0 Å². The molecule has 3 N–H and O–H groups in total. The van der Waals surface area contributed by atoms with Crippen molar-refractivity contribution in [2.75, 3.05) is 10.6 Å². The molecule has 0 saturated carbocycles. The molecule has 35 heavy (non-hydrogen) atoms. The normalized spacial score (nSPS) is 15.3. The van der Waals surface area contributed by atoms with Gasteiger partial charge in [-0.05, 0) is 90.3 Å². The van der Waals surface area contributed by atoms with Gasteiger partial charge in [-0.15, -0.1) is 0 Å². The molecule has 5 nitrogen and oxygen atoms in total. The van der Waals surface area contributed by atoms with Crippen molar-refractivity contribution in [2.24, 2.45) is 5.92 Å². The zero-order valence-corrected chi connectivity index (χ0v) is 19.1. The maximum Gasteiger partial charge on any atom is 0.416 e. The minimum Gasteiger partial charge on any atom is -0.481 e. The average Bonchev–Trinajstić information content (AvgIpc) is 2.78. The van der Waals surface area contributed by atoms with Crippen molar-refractivity contribution in [2.45, 2.75) is 38.8 Å². The van der Waals surface area contributed by atoms with Crippen LogP contribution < -0.4 is 10.6 Å². The summed E-state index contributed by atoms with van der Waals surface area (Å²) in [4.78, 5) is 23.3. The third kappa shape index (κ3) is 6.20. The van der Waals surface area contributed by atoms with Gasteiger partial charge in [0.2, 0.25) is 0 Å². The Morgan fingerprint density at radius 2 is 1.60 bits per heavy atom. The first-order chi connectivity index (χ1) is 16.6. The predicted octanol–water partition coefficient (Wildman–Crippen LogP) is 6.90. The molecule has 182 valence electrons. The molecule has 0 aliphatic heterocycles. The highest BCUT2D eigenvalue weighted by molar-refractivity contribution is 6.00. The number of anilines is 2. The molecule has 0 aromatic heterocycles. The van der Waals surface area contributed by atoms with Crippen molar-refractivity contribution in [3.8, 4) is 11.1 Å². The first-order valence-electron chi connectivity index (χ1n) is 11.3. The largest absolute Gasteiger partial charge is 0.481 e. The van der Waals surface area contributed by atoms with Gasteiger partial charge in [-0.25, -0.2) is 4.79 Å². The van der Waals surface area contributed by atoms with Crippen molar-refractivity contribution in [1.82, 2.24) is 0 Å². The fourth-order valence-corrected chi connectivity index (χ4v) is 4.49. The van der Waals surface area contributed by atoms with Gasteiger partial charge in [0, 0.05) is 17.8 Å². The predicted molar refractivity (Wildman–Crippen MR) is 128 cm³/mol. The fraction of sp³-hybridized carbons (Fsp3) is 0.259. The van der Waals surface area contributed by atoms with Crippen molar-refractivity contribution < 1.29 is 27.9 Å². The average molecular weight is 483 g/mol. The Bertz CT molecular complexity index is 1250. The van der Waals surface area contributed by atoms with Gasteiger partial charge in [0.15, 0.2) is 0 Å². The van der Waals surface area contributed by atoms with Crippen LogP contribution in [0.25, 0.3) is 11.1 Å². The lowest BCUT2D eigenvalue weighted by molar-refractivity contribution is -0.138. The third-order valence-electron chi connectivity index (χ3n) is 6.14. The van der Waals surface area contributed by atoms with Gasteiger partial charge < -0.3 is 15.7 Å². The smallest absolute Gasteiger partial charge is 0.416 e. The quantitative estimate of drug-likeness (QED) is 0.370. The number of halogens is 3. The number of amides is 2. The van der Waals surface area contributed by atoms with E-state index in [1.54, 1.807) is 12.1 Å². The van der Waals surface area contributed by atoms with E-state index in [1.807, 2.05) is 18.2 Å². The number of fused-ring (bicyclic) bond motifs is 1. The summed E-state index contributed by atoms with van der Waals surface area (Å²) in [6.07, 6.45) is -1.84. The molecule has 3 aromatic rings. The first-order valence-corrected chi connectivity index (χ1v) is 11.3. The number of benzene rings is 3. The van der Waals surface area contributed by atoms with E-state index in [0.717, 1.165) is 42.5 Å². The Hall–Kier alpha value is -3.81. The second-order valence-corrected chi connectivity index (χ2v) is 8.93. The Kier molecular flexibility index (Phi) is 6.82. The summed E-state index contributed by atoms with van der Waals surface area (Å²) < 4.78 is 39.0. The number of hydrogen-bond donors (Lipinski definition) is 3.